The third kappa shape index (κ3) is 5.42. The van der Waals surface area contributed by atoms with Gasteiger partial charge in [0.05, 0.1) is 12.2 Å². The van der Waals surface area contributed by atoms with Crippen LogP contribution < -0.4 is 5.32 Å². The van der Waals surface area contributed by atoms with Gasteiger partial charge >= 0.3 is 0 Å². The molecule has 1 N–H and O–H groups in total. The molecule has 2 amide bonds. The minimum atomic E-state index is -0.0424. The van der Waals surface area contributed by atoms with Crippen molar-refractivity contribution in [3.63, 3.8) is 0 Å². The summed E-state index contributed by atoms with van der Waals surface area (Å²) in [6, 6.07) is 8.51. The highest BCUT2D eigenvalue weighted by Gasteiger charge is 2.24. The van der Waals surface area contributed by atoms with E-state index in [2.05, 4.69) is 46.4 Å². The average molecular weight is 415 g/mol. The second-order valence-corrected chi connectivity index (χ2v) is 8.80. The van der Waals surface area contributed by atoms with E-state index in [9.17, 15) is 9.59 Å². The Labute approximate surface area is 176 Å². The molecule has 1 fully saturated rings. The van der Waals surface area contributed by atoms with Gasteiger partial charge in [-0.05, 0) is 31.7 Å². The summed E-state index contributed by atoms with van der Waals surface area (Å²) < 4.78 is 0. The van der Waals surface area contributed by atoms with Gasteiger partial charge in [-0.2, -0.15) is 0 Å². The number of rotatable bonds is 6. The molecule has 0 unspecified atom stereocenters. The van der Waals surface area contributed by atoms with E-state index in [1.165, 1.54) is 16.9 Å². The third-order valence-electron chi connectivity index (χ3n) is 5.39. The summed E-state index contributed by atoms with van der Waals surface area (Å²) in [6.07, 6.45) is 2.72. The number of nitrogens with one attached hydrogen (secondary N) is 1. The van der Waals surface area contributed by atoms with Crippen molar-refractivity contribution in [1.29, 1.82) is 0 Å². The van der Waals surface area contributed by atoms with Gasteiger partial charge in [-0.1, -0.05) is 31.2 Å². The maximum absolute atomic E-state index is 12.8. The number of carbonyl (C=O) groups excluding carboxylic acids is 2. The lowest BCUT2D eigenvalue weighted by Crippen LogP contribution is -2.47. The number of thiazole rings is 1. The first-order valence-corrected chi connectivity index (χ1v) is 11.0. The number of aromatic nitrogens is 1. The number of benzene rings is 1. The Morgan fingerprint density at radius 2 is 1.86 bits per heavy atom. The maximum atomic E-state index is 12.8. The molecule has 7 heteroatoms. The lowest BCUT2D eigenvalue weighted by atomic mass is 10.0. The van der Waals surface area contributed by atoms with E-state index in [1.807, 2.05) is 6.92 Å². The fraction of sp³-hybridized carbons (Fsp3) is 0.500. The first-order valence-electron chi connectivity index (χ1n) is 10.2. The molecule has 2 heterocycles. The van der Waals surface area contributed by atoms with Crippen LogP contribution in [0.5, 0.6) is 0 Å². The maximum Gasteiger partial charge on any atom is 0.263 e. The molecule has 2 aromatic rings. The first-order chi connectivity index (χ1) is 13.9. The van der Waals surface area contributed by atoms with E-state index in [0.717, 1.165) is 48.6 Å². The first kappa shape index (κ1) is 21.5. The summed E-state index contributed by atoms with van der Waals surface area (Å²) in [5.74, 6) is 0.0755. The van der Waals surface area contributed by atoms with Crippen LogP contribution in [-0.2, 0) is 11.2 Å². The number of hydrogen-bond acceptors (Lipinski definition) is 5. The van der Waals surface area contributed by atoms with E-state index >= 15 is 0 Å². The van der Waals surface area contributed by atoms with Crippen molar-refractivity contribution in [3.05, 3.63) is 40.4 Å². The summed E-state index contributed by atoms with van der Waals surface area (Å²) in [7, 11) is 3.55. The number of likely N-dealkylation sites (tertiary alicyclic amines) is 1. The molecule has 1 aliphatic rings. The Hall–Kier alpha value is -2.25. The highest BCUT2D eigenvalue weighted by Crippen LogP contribution is 2.28. The second kappa shape index (κ2) is 9.50. The Morgan fingerprint density at radius 1 is 1.21 bits per heavy atom. The molecule has 1 aliphatic heterocycles. The van der Waals surface area contributed by atoms with Gasteiger partial charge < -0.3 is 10.2 Å². The minimum Gasteiger partial charge on any atom is -0.348 e. The van der Waals surface area contributed by atoms with E-state index in [0.29, 0.717) is 11.4 Å². The van der Waals surface area contributed by atoms with E-state index < -0.39 is 0 Å². The van der Waals surface area contributed by atoms with Crippen molar-refractivity contribution in [2.45, 2.75) is 39.2 Å². The Bertz CT molecular complexity index is 852. The Balaban J connectivity index is 1.57. The zero-order chi connectivity index (χ0) is 21.0. The molecular weight excluding hydrogens is 384 g/mol. The van der Waals surface area contributed by atoms with Crippen molar-refractivity contribution in [3.8, 4) is 10.6 Å². The van der Waals surface area contributed by atoms with Gasteiger partial charge in [-0.15, -0.1) is 11.3 Å². The van der Waals surface area contributed by atoms with Crippen molar-refractivity contribution in [2.75, 3.05) is 33.7 Å². The largest absolute Gasteiger partial charge is 0.348 e. The molecule has 0 aliphatic carbocycles. The molecule has 0 saturated carbocycles. The van der Waals surface area contributed by atoms with Crippen LogP contribution in [0.3, 0.4) is 0 Å². The van der Waals surface area contributed by atoms with Crippen molar-refractivity contribution in [1.82, 2.24) is 20.1 Å². The van der Waals surface area contributed by atoms with Crippen molar-refractivity contribution in [2.24, 2.45) is 0 Å². The predicted octanol–water partition coefficient (Wildman–Crippen LogP) is 2.96. The lowest BCUT2D eigenvalue weighted by molar-refractivity contribution is -0.130. The lowest BCUT2D eigenvalue weighted by Gasteiger charge is -2.32. The van der Waals surface area contributed by atoms with Crippen LogP contribution in [0.15, 0.2) is 24.3 Å². The van der Waals surface area contributed by atoms with Gasteiger partial charge in [-0.25, -0.2) is 4.98 Å². The van der Waals surface area contributed by atoms with Gasteiger partial charge in [0.2, 0.25) is 5.91 Å². The van der Waals surface area contributed by atoms with Gasteiger partial charge in [0.15, 0.2) is 0 Å². The molecule has 0 radical (unpaired) electrons. The molecule has 1 aromatic heterocycles. The van der Waals surface area contributed by atoms with Crippen molar-refractivity contribution >= 4 is 23.2 Å². The molecule has 0 spiro atoms. The van der Waals surface area contributed by atoms with Crippen LogP contribution >= 0.6 is 11.3 Å². The fourth-order valence-electron chi connectivity index (χ4n) is 3.43. The average Bonchev–Trinajstić information content (AvgIpc) is 3.11. The summed E-state index contributed by atoms with van der Waals surface area (Å²) in [4.78, 5) is 33.7. The van der Waals surface area contributed by atoms with Crippen LogP contribution in [0.2, 0.25) is 0 Å². The molecule has 1 saturated heterocycles. The Kier molecular flexibility index (Phi) is 7.03. The monoisotopic (exact) mass is 414 g/mol. The van der Waals surface area contributed by atoms with E-state index in [4.69, 9.17) is 0 Å². The summed E-state index contributed by atoms with van der Waals surface area (Å²) in [6.45, 7) is 6.12. The minimum absolute atomic E-state index is 0.0424. The van der Waals surface area contributed by atoms with E-state index in [1.54, 1.807) is 19.0 Å². The number of amides is 2. The van der Waals surface area contributed by atoms with Gasteiger partial charge in [0.25, 0.3) is 5.91 Å². The predicted molar refractivity (Wildman–Crippen MR) is 117 cm³/mol. The highest BCUT2D eigenvalue weighted by atomic mass is 32.1. The Morgan fingerprint density at radius 3 is 2.45 bits per heavy atom. The zero-order valence-electron chi connectivity index (χ0n) is 17.7. The van der Waals surface area contributed by atoms with Crippen LogP contribution in [0.25, 0.3) is 10.6 Å². The van der Waals surface area contributed by atoms with Gasteiger partial charge in [-0.3, -0.25) is 14.5 Å². The summed E-state index contributed by atoms with van der Waals surface area (Å²) in [5.41, 5.74) is 3.11. The van der Waals surface area contributed by atoms with Crippen LogP contribution in [0, 0.1) is 6.92 Å². The molecule has 0 bridgehead atoms. The normalized spacial score (nSPS) is 15.3. The molecule has 0 atom stereocenters. The van der Waals surface area contributed by atoms with Crippen LogP contribution in [0.4, 0.5) is 0 Å². The molecule has 29 heavy (non-hydrogen) atoms. The number of aryl methyl sites for hydroxylation is 2. The van der Waals surface area contributed by atoms with E-state index in [-0.39, 0.29) is 17.9 Å². The van der Waals surface area contributed by atoms with Crippen LogP contribution in [0.1, 0.15) is 40.7 Å². The molecular formula is C22H30N4O2S. The van der Waals surface area contributed by atoms with Gasteiger partial charge in [0, 0.05) is 38.8 Å². The molecule has 156 valence electrons. The SMILES string of the molecule is CCc1ccc(-c2nc(C)c(C(=O)NC3CCN(CC(=O)N(C)C)CC3)s2)cc1. The molecule has 6 nitrogen and oxygen atoms in total. The molecule has 1 aromatic carbocycles. The summed E-state index contributed by atoms with van der Waals surface area (Å²) >= 11 is 1.45. The number of hydrogen-bond donors (Lipinski definition) is 1. The number of likely N-dealkylation sites (N-methyl/N-ethyl adjacent to an activating group) is 1. The molecule has 3 rings (SSSR count). The van der Waals surface area contributed by atoms with Gasteiger partial charge in [0.1, 0.15) is 9.88 Å². The number of nitrogens with zero attached hydrogens (tertiary/aromatic N) is 3. The van der Waals surface area contributed by atoms with Crippen molar-refractivity contribution < 1.29 is 9.59 Å². The fourth-order valence-corrected chi connectivity index (χ4v) is 4.41. The third-order valence-corrected chi connectivity index (χ3v) is 6.60. The number of piperidine rings is 1. The van der Waals surface area contributed by atoms with Crippen LogP contribution in [-0.4, -0.2) is 66.4 Å². The highest BCUT2D eigenvalue weighted by molar-refractivity contribution is 7.17. The topological polar surface area (TPSA) is 65.5 Å². The number of carbonyl (C=O) groups is 2. The zero-order valence-corrected chi connectivity index (χ0v) is 18.5. The quantitative estimate of drug-likeness (QED) is 0.789. The standard InChI is InChI=1S/C22H30N4O2S/c1-5-16-6-8-17(9-7-16)22-23-15(2)20(29-22)21(28)24-18-10-12-26(13-11-18)14-19(27)25(3)4/h6-9,18H,5,10-14H2,1-4H3,(H,24,28). The smallest absolute Gasteiger partial charge is 0.263 e. The summed E-state index contributed by atoms with van der Waals surface area (Å²) in [5, 5.41) is 4.05. The second-order valence-electron chi connectivity index (χ2n) is 7.80.